The van der Waals surface area contributed by atoms with Gasteiger partial charge in [-0.25, -0.2) is 0 Å². The number of carbonyl (C=O) groups excluding carboxylic acids is 1. The highest BCUT2D eigenvalue weighted by Crippen LogP contribution is 2.38. The van der Waals surface area contributed by atoms with Crippen LogP contribution in [0.4, 0.5) is 13.2 Å². The lowest BCUT2D eigenvalue weighted by molar-refractivity contribution is -0.141. The van der Waals surface area contributed by atoms with E-state index < -0.39 is 17.7 Å². The van der Waals surface area contributed by atoms with Crippen LogP contribution in [-0.2, 0) is 15.7 Å². The maximum absolute atomic E-state index is 12.7. The highest BCUT2D eigenvalue weighted by molar-refractivity contribution is 6.32. The second-order valence-electron chi connectivity index (χ2n) is 5.01. The zero-order chi connectivity index (χ0) is 19.3. The molecule has 9 heteroatoms. The van der Waals surface area contributed by atoms with Gasteiger partial charge in [-0.3, -0.25) is 4.79 Å². The number of hydrogen-bond donors (Lipinski definition) is 0. The third kappa shape index (κ3) is 5.44. The van der Waals surface area contributed by atoms with Gasteiger partial charge in [-0.05, 0) is 30.3 Å². The fourth-order valence-corrected chi connectivity index (χ4v) is 2.28. The average Bonchev–Trinajstić information content (AvgIpc) is 2.58. The van der Waals surface area contributed by atoms with Crippen molar-refractivity contribution < 1.29 is 32.2 Å². The first-order valence-corrected chi connectivity index (χ1v) is 8.00. The van der Waals surface area contributed by atoms with Crippen LogP contribution in [0.1, 0.15) is 12.0 Å². The molecule has 2 aromatic carbocycles. The minimum absolute atomic E-state index is 0.0304. The summed E-state index contributed by atoms with van der Waals surface area (Å²) in [5, 5.41) is 0.0867. The molecule has 2 aromatic rings. The molecular formula is C17H13Cl2F3O4. The summed E-state index contributed by atoms with van der Waals surface area (Å²) in [5.41, 5.74) is -0.877. The molecule has 0 unspecified atom stereocenters. The fraction of sp³-hybridized carbons (Fsp3) is 0.235. The van der Waals surface area contributed by atoms with E-state index in [0.29, 0.717) is 0 Å². The maximum atomic E-state index is 12.7. The van der Waals surface area contributed by atoms with Gasteiger partial charge in [0.05, 0.1) is 35.7 Å². The Kier molecular flexibility index (Phi) is 6.61. The molecule has 0 spiro atoms. The van der Waals surface area contributed by atoms with E-state index in [1.807, 2.05) is 0 Å². The number of benzene rings is 2. The Morgan fingerprint density at radius 3 is 2.38 bits per heavy atom. The number of methoxy groups -OCH3 is 1. The molecule has 0 saturated heterocycles. The summed E-state index contributed by atoms with van der Waals surface area (Å²) >= 11 is 11.9. The second kappa shape index (κ2) is 8.51. The molecule has 140 valence electrons. The van der Waals surface area contributed by atoms with Crippen molar-refractivity contribution >= 4 is 29.2 Å². The number of carbonyl (C=O) groups is 1. The van der Waals surface area contributed by atoms with Crippen molar-refractivity contribution in [3.8, 4) is 17.2 Å². The van der Waals surface area contributed by atoms with Crippen molar-refractivity contribution in [2.45, 2.75) is 12.6 Å². The number of alkyl halides is 3. The molecule has 0 aliphatic carbocycles. The molecule has 0 heterocycles. The summed E-state index contributed by atoms with van der Waals surface area (Å²) in [5.74, 6) is 0.104. The summed E-state index contributed by atoms with van der Waals surface area (Å²) < 4.78 is 53.4. The van der Waals surface area contributed by atoms with Gasteiger partial charge in [0.2, 0.25) is 0 Å². The van der Waals surface area contributed by atoms with Crippen LogP contribution in [0.3, 0.4) is 0 Å². The van der Waals surface area contributed by atoms with E-state index in [1.165, 1.54) is 25.3 Å². The van der Waals surface area contributed by atoms with E-state index in [0.717, 1.165) is 18.2 Å². The van der Waals surface area contributed by atoms with Gasteiger partial charge >= 0.3 is 12.1 Å². The molecule has 4 nitrogen and oxygen atoms in total. The van der Waals surface area contributed by atoms with Crippen LogP contribution < -0.4 is 9.47 Å². The minimum atomic E-state index is -4.50. The third-order valence-electron chi connectivity index (χ3n) is 3.18. The van der Waals surface area contributed by atoms with E-state index >= 15 is 0 Å². The molecular weight excluding hydrogens is 396 g/mol. The molecule has 2 rings (SSSR count). The fourth-order valence-electron chi connectivity index (χ4n) is 1.89. The Morgan fingerprint density at radius 1 is 1.04 bits per heavy atom. The van der Waals surface area contributed by atoms with Crippen molar-refractivity contribution in [3.05, 3.63) is 52.0 Å². The predicted octanol–water partition coefficient (Wildman–Crippen LogP) is 5.75. The van der Waals surface area contributed by atoms with Gasteiger partial charge in [-0.1, -0.05) is 23.2 Å². The number of halogens is 5. The zero-order valence-electron chi connectivity index (χ0n) is 13.4. The van der Waals surface area contributed by atoms with Gasteiger partial charge in [0.15, 0.2) is 0 Å². The van der Waals surface area contributed by atoms with Crippen molar-refractivity contribution in [2.24, 2.45) is 0 Å². The smallest absolute Gasteiger partial charge is 0.416 e. The molecule has 0 aliphatic heterocycles. The van der Waals surface area contributed by atoms with E-state index in [9.17, 15) is 18.0 Å². The summed E-state index contributed by atoms with van der Waals surface area (Å²) in [6.07, 6.45) is -4.47. The highest BCUT2D eigenvalue weighted by atomic mass is 35.5. The van der Waals surface area contributed by atoms with Crippen molar-refractivity contribution in [2.75, 3.05) is 13.7 Å². The molecule has 0 amide bonds. The Balaban J connectivity index is 2.12. The quantitative estimate of drug-likeness (QED) is 0.571. The molecule has 0 aliphatic rings. The molecule has 0 N–H and O–H groups in total. The topological polar surface area (TPSA) is 44.8 Å². The molecule has 26 heavy (non-hydrogen) atoms. The lowest BCUT2D eigenvalue weighted by Gasteiger charge is -2.13. The van der Waals surface area contributed by atoms with Gasteiger partial charge in [-0.2, -0.15) is 13.2 Å². The Morgan fingerprint density at radius 2 is 1.77 bits per heavy atom. The summed E-state index contributed by atoms with van der Waals surface area (Å²) in [7, 11) is 1.26. The van der Waals surface area contributed by atoms with Crippen LogP contribution in [0.25, 0.3) is 0 Å². The molecule has 0 saturated carbocycles. The highest BCUT2D eigenvalue weighted by Gasteiger charge is 2.31. The summed E-state index contributed by atoms with van der Waals surface area (Å²) in [6.45, 7) is 0.0386. The third-order valence-corrected chi connectivity index (χ3v) is 3.79. The Bertz CT molecular complexity index is 794. The largest absolute Gasteiger partial charge is 0.491 e. The second-order valence-corrected chi connectivity index (χ2v) is 5.83. The number of hydrogen-bond acceptors (Lipinski definition) is 4. The van der Waals surface area contributed by atoms with Gasteiger partial charge < -0.3 is 14.2 Å². The Labute approximate surface area is 157 Å². The first kappa shape index (κ1) is 20.2. The van der Waals surface area contributed by atoms with Crippen LogP contribution in [0.2, 0.25) is 10.0 Å². The molecule has 0 bridgehead atoms. The van der Waals surface area contributed by atoms with Crippen LogP contribution in [0, 0.1) is 0 Å². The maximum Gasteiger partial charge on any atom is 0.416 e. The lowest BCUT2D eigenvalue weighted by atomic mass is 10.2. The molecule has 0 radical (unpaired) electrons. The van der Waals surface area contributed by atoms with Gasteiger partial charge in [-0.15, -0.1) is 0 Å². The Hall–Kier alpha value is -2.12. The van der Waals surface area contributed by atoms with E-state index in [4.69, 9.17) is 32.7 Å². The average molecular weight is 409 g/mol. The van der Waals surface area contributed by atoms with E-state index in [1.54, 1.807) is 0 Å². The van der Waals surface area contributed by atoms with Crippen molar-refractivity contribution in [1.29, 1.82) is 0 Å². The number of rotatable bonds is 6. The van der Waals surface area contributed by atoms with Crippen LogP contribution in [0.15, 0.2) is 36.4 Å². The number of esters is 1. The summed E-state index contributed by atoms with van der Waals surface area (Å²) in [6, 6.07) is 7.20. The van der Waals surface area contributed by atoms with E-state index in [2.05, 4.69) is 4.74 Å². The predicted molar refractivity (Wildman–Crippen MR) is 90.1 cm³/mol. The zero-order valence-corrected chi connectivity index (χ0v) is 14.9. The SMILES string of the molecule is COC(=O)CCOc1cc(Oc2ccc(C(F)(F)F)cc2Cl)ccc1Cl. The monoisotopic (exact) mass is 408 g/mol. The van der Waals surface area contributed by atoms with Gasteiger partial charge in [0.1, 0.15) is 17.2 Å². The van der Waals surface area contributed by atoms with Crippen LogP contribution in [-0.4, -0.2) is 19.7 Å². The minimum Gasteiger partial charge on any atom is -0.491 e. The van der Waals surface area contributed by atoms with Gasteiger partial charge in [0, 0.05) is 6.07 Å². The van der Waals surface area contributed by atoms with Gasteiger partial charge in [0.25, 0.3) is 0 Å². The van der Waals surface area contributed by atoms with Crippen molar-refractivity contribution in [1.82, 2.24) is 0 Å². The molecule has 0 fully saturated rings. The van der Waals surface area contributed by atoms with Crippen LogP contribution in [0.5, 0.6) is 17.2 Å². The standard InChI is InChI=1S/C17H13Cl2F3O4/c1-24-16(23)6-7-25-15-9-11(3-4-12(15)18)26-14-5-2-10(8-13(14)19)17(20,21)22/h2-5,8-9H,6-7H2,1H3. The number of ether oxygens (including phenoxy) is 3. The molecule has 0 aromatic heterocycles. The normalized spacial score (nSPS) is 11.2. The van der Waals surface area contributed by atoms with E-state index in [-0.39, 0.29) is 40.3 Å². The summed E-state index contributed by atoms with van der Waals surface area (Å²) in [4.78, 5) is 11.1. The molecule has 0 atom stereocenters. The van der Waals surface area contributed by atoms with Crippen LogP contribution >= 0.6 is 23.2 Å². The lowest BCUT2D eigenvalue weighted by Crippen LogP contribution is -2.07. The first-order chi connectivity index (χ1) is 12.2. The van der Waals surface area contributed by atoms with Crippen molar-refractivity contribution in [3.63, 3.8) is 0 Å². The first-order valence-electron chi connectivity index (χ1n) is 7.24.